The molecule has 4 heteroatoms. The van der Waals surface area contributed by atoms with Gasteiger partial charge in [0, 0.05) is 14.2 Å². The molecule has 1 unspecified atom stereocenters. The molecule has 100 valence electrons. The number of hydrogen-bond donors (Lipinski definition) is 1. The number of benzene rings is 2. The van der Waals surface area contributed by atoms with Crippen molar-refractivity contribution < 1.29 is 4.74 Å². The molecule has 0 saturated heterocycles. The van der Waals surface area contributed by atoms with E-state index in [4.69, 9.17) is 22.1 Å². The summed E-state index contributed by atoms with van der Waals surface area (Å²) in [5.41, 5.74) is 8.36. The lowest BCUT2D eigenvalue weighted by Gasteiger charge is -2.18. The van der Waals surface area contributed by atoms with E-state index in [0.29, 0.717) is 11.6 Å². The third-order valence-corrected chi connectivity index (χ3v) is 4.06. The van der Waals surface area contributed by atoms with Crippen LogP contribution >= 0.6 is 34.2 Å². The Morgan fingerprint density at radius 2 is 1.95 bits per heavy atom. The van der Waals surface area contributed by atoms with Crippen LogP contribution in [0.3, 0.4) is 0 Å². The average Bonchev–Trinajstić information content (AvgIpc) is 2.42. The molecule has 2 rings (SSSR count). The zero-order chi connectivity index (χ0) is 13.8. The third kappa shape index (κ3) is 3.41. The Kier molecular flexibility index (Phi) is 5.07. The molecule has 1 atom stereocenters. The molecular formula is C15H15ClINO. The summed E-state index contributed by atoms with van der Waals surface area (Å²) in [6, 6.07) is 13.4. The van der Waals surface area contributed by atoms with E-state index in [1.807, 2.05) is 49.4 Å². The Balaban J connectivity index is 2.43. The Labute approximate surface area is 132 Å². The SMILES string of the molecule is CCOc1ccccc1C(N)c1cc(Cl)ccc1I. The van der Waals surface area contributed by atoms with Crippen molar-refractivity contribution in [1.82, 2.24) is 0 Å². The van der Waals surface area contributed by atoms with Gasteiger partial charge in [0.25, 0.3) is 0 Å². The molecule has 0 amide bonds. The molecule has 2 aromatic carbocycles. The van der Waals surface area contributed by atoms with Gasteiger partial charge >= 0.3 is 0 Å². The first-order valence-electron chi connectivity index (χ1n) is 6.05. The van der Waals surface area contributed by atoms with Gasteiger partial charge in [-0.05, 0) is 59.3 Å². The van der Waals surface area contributed by atoms with Crippen LogP contribution in [0.15, 0.2) is 42.5 Å². The molecule has 0 spiro atoms. The highest BCUT2D eigenvalue weighted by atomic mass is 127. The molecular weight excluding hydrogens is 373 g/mol. The Bertz CT molecular complexity index is 574. The van der Waals surface area contributed by atoms with Gasteiger partial charge in [0.2, 0.25) is 0 Å². The van der Waals surface area contributed by atoms with Gasteiger partial charge in [0.05, 0.1) is 12.6 Å². The first kappa shape index (κ1) is 14.6. The van der Waals surface area contributed by atoms with E-state index in [-0.39, 0.29) is 6.04 Å². The van der Waals surface area contributed by atoms with Gasteiger partial charge < -0.3 is 10.5 Å². The molecule has 0 saturated carbocycles. The topological polar surface area (TPSA) is 35.2 Å². The molecule has 2 aromatic rings. The van der Waals surface area contributed by atoms with Gasteiger partial charge in [-0.25, -0.2) is 0 Å². The van der Waals surface area contributed by atoms with Crippen molar-refractivity contribution in [3.8, 4) is 5.75 Å². The summed E-state index contributed by atoms with van der Waals surface area (Å²) < 4.78 is 6.73. The second-order valence-electron chi connectivity index (χ2n) is 4.11. The van der Waals surface area contributed by atoms with Crippen LogP contribution in [0, 0.1) is 3.57 Å². The highest BCUT2D eigenvalue weighted by Gasteiger charge is 2.16. The molecule has 2 nitrogen and oxygen atoms in total. The minimum atomic E-state index is -0.242. The van der Waals surface area contributed by atoms with Crippen molar-refractivity contribution in [1.29, 1.82) is 0 Å². The number of nitrogens with two attached hydrogens (primary N) is 1. The summed E-state index contributed by atoms with van der Waals surface area (Å²) in [4.78, 5) is 0. The maximum absolute atomic E-state index is 6.37. The molecule has 2 N–H and O–H groups in total. The standard InChI is InChI=1S/C15H15ClINO/c1-2-19-14-6-4-3-5-11(14)15(18)12-9-10(16)7-8-13(12)17/h3-9,15H,2,18H2,1H3. The van der Waals surface area contributed by atoms with E-state index in [1.54, 1.807) is 0 Å². The van der Waals surface area contributed by atoms with Crippen LogP contribution in [-0.4, -0.2) is 6.61 Å². The number of rotatable bonds is 4. The van der Waals surface area contributed by atoms with Crippen molar-refractivity contribution >= 4 is 34.2 Å². The first-order valence-corrected chi connectivity index (χ1v) is 7.51. The molecule has 0 fully saturated rings. The molecule has 0 heterocycles. The predicted octanol–water partition coefficient (Wildman–Crippen LogP) is 4.39. The second-order valence-corrected chi connectivity index (χ2v) is 5.71. The summed E-state index contributed by atoms with van der Waals surface area (Å²) in [6.45, 7) is 2.59. The van der Waals surface area contributed by atoms with E-state index >= 15 is 0 Å². The van der Waals surface area contributed by atoms with Gasteiger partial charge in [-0.3, -0.25) is 0 Å². The van der Waals surface area contributed by atoms with Gasteiger partial charge in [-0.1, -0.05) is 29.8 Å². The van der Waals surface area contributed by atoms with Crippen molar-refractivity contribution in [3.05, 3.63) is 62.2 Å². The fourth-order valence-corrected chi connectivity index (χ4v) is 2.80. The highest BCUT2D eigenvalue weighted by molar-refractivity contribution is 14.1. The van der Waals surface area contributed by atoms with Gasteiger partial charge in [-0.15, -0.1) is 0 Å². The van der Waals surface area contributed by atoms with Crippen LogP contribution in [0.5, 0.6) is 5.75 Å². The van der Waals surface area contributed by atoms with Crippen LogP contribution in [0.25, 0.3) is 0 Å². The molecule has 0 aromatic heterocycles. The molecule has 19 heavy (non-hydrogen) atoms. The van der Waals surface area contributed by atoms with E-state index in [1.165, 1.54) is 0 Å². The monoisotopic (exact) mass is 387 g/mol. The zero-order valence-corrected chi connectivity index (χ0v) is 13.5. The fourth-order valence-electron chi connectivity index (χ4n) is 1.94. The lowest BCUT2D eigenvalue weighted by molar-refractivity contribution is 0.335. The summed E-state index contributed by atoms with van der Waals surface area (Å²) in [5.74, 6) is 0.827. The second kappa shape index (κ2) is 6.59. The number of para-hydroxylation sites is 1. The molecule has 0 aliphatic carbocycles. The van der Waals surface area contributed by atoms with Crippen LogP contribution in [0.2, 0.25) is 5.02 Å². The summed E-state index contributed by atoms with van der Waals surface area (Å²) in [6.07, 6.45) is 0. The van der Waals surface area contributed by atoms with E-state index < -0.39 is 0 Å². The summed E-state index contributed by atoms with van der Waals surface area (Å²) in [5, 5.41) is 0.694. The molecule has 0 aliphatic heterocycles. The number of ether oxygens (including phenoxy) is 1. The van der Waals surface area contributed by atoms with Crippen LogP contribution < -0.4 is 10.5 Å². The lowest BCUT2D eigenvalue weighted by Crippen LogP contribution is -2.14. The Morgan fingerprint density at radius 1 is 1.21 bits per heavy atom. The van der Waals surface area contributed by atoms with E-state index in [2.05, 4.69) is 22.6 Å². The summed E-state index contributed by atoms with van der Waals surface area (Å²) in [7, 11) is 0. The number of hydrogen-bond acceptors (Lipinski definition) is 2. The first-order chi connectivity index (χ1) is 9.13. The van der Waals surface area contributed by atoms with Crippen LogP contribution in [0.4, 0.5) is 0 Å². The Morgan fingerprint density at radius 3 is 2.68 bits per heavy atom. The van der Waals surface area contributed by atoms with Crippen molar-refractivity contribution in [2.24, 2.45) is 5.73 Å². The highest BCUT2D eigenvalue weighted by Crippen LogP contribution is 2.31. The van der Waals surface area contributed by atoms with E-state index in [0.717, 1.165) is 20.4 Å². The van der Waals surface area contributed by atoms with Gasteiger partial charge in [-0.2, -0.15) is 0 Å². The fraction of sp³-hybridized carbons (Fsp3) is 0.200. The lowest BCUT2D eigenvalue weighted by atomic mass is 9.99. The maximum Gasteiger partial charge on any atom is 0.124 e. The largest absolute Gasteiger partial charge is 0.494 e. The Hall–Kier alpha value is -0.780. The smallest absolute Gasteiger partial charge is 0.124 e. The minimum Gasteiger partial charge on any atom is -0.494 e. The van der Waals surface area contributed by atoms with Gasteiger partial charge in [0.1, 0.15) is 5.75 Å². The van der Waals surface area contributed by atoms with E-state index in [9.17, 15) is 0 Å². The maximum atomic E-state index is 6.37. The zero-order valence-electron chi connectivity index (χ0n) is 10.6. The molecule has 0 aliphatic rings. The quantitative estimate of drug-likeness (QED) is 0.790. The minimum absolute atomic E-state index is 0.242. The van der Waals surface area contributed by atoms with Crippen LogP contribution in [-0.2, 0) is 0 Å². The normalized spacial score (nSPS) is 12.2. The number of halogens is 2. The van der Waals surface area contributed by atoms with Crippen molar-refractivity contribution in [2.75, 3.05) is 6.61 Å². The van der Waals surface area contributed by atoms with Crippen molar-refractivity contribution in [3.63, 3.8) is 0 Å². The van der Waals surface area contributed by atoms with Gasteiger partial charge in [0.15, 0.2) is 0 Å². The molecule has 0 radical (unpaired) electrons. The van der Waals surface area contributed by atoms with Crippen LogP contribution in [0.1, 0.15) is 24.1 Å². The third-order valence-electron chi connectivity index (χ3n) is 2.85. The summed E-state index contributed by atoms with van der Waals surface area (Å²) >= 11 is 8.33. The average molecular weight is 388 g/mol. The van der Waals surface area contributed by atoms with Crippen molar-refractivity contribution in [2.45, 2.75) is 13.0 Å². The predicted molar refractivity (Wildman–Crippen MR) is 87.8 cm³/mol. The molecule has 0 bridgehead atoms.